The Morgan fingerprint density at radius 2 is 2.00 bits per heavy atom. The number of carbonyl (C=O) groups is 1. The van der Waals surface area contributed by atoms with Gasteiger partial charge in [0, 0.05) is 23.3 Å². The maximum Gasteiger partial charge on any atom is 0.334 e. The molecule has 6 nitrogen and oxygen atoms in total. The molecular formula is C23H30O6S. The smallest absolute Gasteiger partial charge is 0.334 e. The SMILES string of the molecule is CSCO[C@@H]1[C@@]2(C(C)C)O[C@H]2[C@@H]2O[C@@]23[C@@]2(C)CCC4=C(C(C)OC4=O)[C@@H]2C2C[C@@]13O2. The normalized spacial score (nSPS) is 58.8. The molecular weight excluding hydrogens is 404 g/mol. The molecule has 164 valence electrons. The summed E-state index contributed by atoms with van der Waals surface area (Å²) in [5.41, 5.74) is 0.808. The van der Waals surface area contributed by atoms with Crippen LogP contribution in [0, 0.1) is 17.3 Å². The Morgan fingerprint density at radius 3 is 2.70 bits per heavy atom. The van der Waals surface area contributed by atoms with Crippen LogP contribution < -0.4 is 0 Å². The number of cyclic esters (lactones) is 1. The molecule has 6 fully saturated rings. The first-order valence-corrected chi connectivity index (χ1v) is 12.8. The van der Waals surface area contributed by atoms with E-state index in [0.717, 1.165) is 24.8 Å². The van der Waals surface area contributed by atoms with Gasteiger partial charge in [-0.05, 0) is 37.5 Å². The average molecular weight is 435 g/mol. The van der Waals surface area contributed by atoms with Crippen molar-refractivity contribution in [3.05, 3.63) is 11.1 Å². The fraction of sp³-hybridized carbons (Fsp3) is 0.870. The van der Waals surface area contributed by atoms with Gasteiger partial charge in [-0.15, -0.1) is 11.8 Å². The first kappa shape index (κ1) is 18.9. The largest absolute Gasteiger partial charge is 0.455 e. The minimum atomic E-state index is -0.453. The predicted octanol–water partition coefficient (Wildman–Crippen LogP) is 2.84. The molecule has 10 atom stereocenters. The van der Waals surface area contributed by atoms with Gasteiger partial charge in [0.15, 0.2) is 0 Å². The second-order valence-corrected chi connectivity index (χ2v) is 11.7. The maximum absolute atomic E-state index is 12.4. The van der Waals surface area contributed by atoms with E-state index >= 15 is 0 Å². The lowest BCUT2D eigenvalue weighted by molar-refractivity contribution is -0.370. The van der Waals surface area contributed by atoms with E-state index in [1.807, 2.05) is 6.92 Å². The molecule has 30 heavy (non-hydrogen) atoms. The highest BCUT2D eigenvalue weighted by atomic mass is 32.2. The van der Waals surface area contributed by atoms with E-state index in [-0.39, 0.29) is 53.4 Å². The van der Waals surface area contributed by atoms with Gasteiger partial charge in [0.25, 0.3) is 0 Å². The molecule has 4 saturated heterocycles. The standard InChI is InChI=1S/C23H30O6S/c1-10(2)22-16(28-22)17-23(29-17)20(4)7-6-12-14(11(3)26-18(12)24)15(20)13-8-21(23,27-13)19(22)25-9-30-5/h10-11,13,15-17,19H,6-9H2,1-5H3/t11?,13?,15-,16-,17-,19-,20-,21+,22-,23+/m0/s1. The fourth-order valence-corrected chi connectivity index (χ4v) is 8.83. The minimum Gasteiger partial charge on any atom is -0.455 e. The summed E-state index contributed by atoms with van der Waals surface area (Å²) in [7, 11) is 0. The van der Waals surface area contributed by atoms with Crippen molar-refractivity contribution in [2.75, 3.05) is 12.2 Å². The number of hydrogen-bond donors (Lipinski definition) is 0. The Balaban J connectivity index is 1.37. The molecule has 0 aromatic heterocycles. The number of rotatable bonds is 4. The predicted molar refractivity (Wildman–Crippen MR) is 109 cm³/mol. The summed E-state index contributed by atoms with van der Waals surface area (Å²) in [5, 5.41) is 0. The summed E-state index contributed by atoms with van der Waals surface area (Å²) >= 11 is 1.69. The molecule has 2 unspecified atom stereocenters. The lowest BCUT2D eigenvalue weighted by Gasteiger charge is -2.70. The summed E-state index contributed by atoms with van der Waals surface area (Å²) in [6, 6.07) is 0. The van der Waals surface area contributed by atoms with Crippen molar-refractivity contribution >= 4 is 17.7 Å². The molecule has 5 heterocycles. The van der Waals surface area contributed by atoms with Gasteiger partial charge < -0.3 is 23.7 Å². The summed E-state index contributed by atoms with van der Waals surface area (Å²) in [6.07, 6.45) is 4.59. The molecule has 2 saturated carbocycles. The van der Waals surface area contributed by atoms with Crippen LogP contribution in [0.4, 0.5) is 0 Å². The monoisotopic (exact) mass is 434 g/mol. The number of carbonyl (C=O) groups excluding carboxylic acids is 1. The third kappa shape index (κ3) is 1.66. The van der Waals surface area contributed by atoms with Crippen LogP contribution in [0.5, 0.6) is 0 Å². The topological polar surface area (TPSA) is 69.8 Å². The minimum absolute atomic E-state index is 0.0539. The van der Waals surface area contributed by atoms with Gasteiger partial charge in [-0.2, -0.15) is 0 Å². The van der Waals surface area contributed by atoms with Crippen molar-refractivity contribution < 1.29 is 28.5 Å². The highest BCUT2D eigenvalue weighted by Gasteiger charge is 2.98. The molecule has 2 bridgehead atoms. The summed E-state index contributed by atoms with van der Waals surface area (Å²) < 4.78 is 32.3. The van der Waals surface area contributed by atoms with E-state index in [2.05, 4.69) is 27.0 Å². The van der Waals surface area contributed by atoms with Crippen molar-refractivity contribution in [2.24, 2.45) is 17.3 Å². The first-order valence-electron chi connectivity index (χ1n) is 11.4. The Hall–Kier alpha value is -0.600. The molecule has 0 N–H and O–H groups in total. The van der Waals surface area contributed by atoms with Gasteiger partial charge in [0.2, 0.25) is 0 Å². The van der Waals surface area contributed by atoms with Crippen molar-refractivity contribution in [3.8, 4) is 0 Å². The van der Waals surface area contributed by atoms with Crippen LogP contribution in [-0.2, 0) is 28.5 Å². The van der Waals surface area contributed by atoms with E-state index in [9.17, 15) is 4.79 Å². The van der Waals surface area contributed by atoms with Crippen molar-refractivity contribution in [3.63, 3.8) is 0 Å². The number of thioether (sulfide) groups is 1. The summed E-state index contributed by atoms with van der Waals surface area (Å²) in [5.74, 6) is 0.998. The zero-order valence-corrected chi connectivity index (χ0v) is 19.0. The van der Waals surface area contributed by atoms with Gasteiger partial charge >= 0.3 is 5.97 Å². The van der Waals surface area contributed by atoms with E-state index in [1.165, 1.54) is 5.57 Å². The number of esters is 1. The zero-order valence-electron chi connectivity index (χ0n) is 18.2. The second-order valence-electron chi connectivity index (χ2n) is 10.9. The summed E-state index contributed by atoms with van der Waals surface area (Å²) in [4.78, 5) is 12.4. The second kappa shape index (κ2) is 5.30. The molecule has 7 heteroatoms. The van der Waals surface area contributed by atoms with Crippen LogP contribution in [0.3, 0.4) is 0 Å². The van der Waals surface area contributed by atoms with Crippen LogP contribution in [0.1, 0.15) is 47.0 Å². The van der Waals surface area contributed by atoms with Gasteiger partial charge in [-0.1, -0.05) is 20.8 Å². The molecule has 0 aromatic carbocycles. The highest BCUT2D eigenvalue weighted by molar-refractivity contribution is 7.98. The van der Waals surface area contributed by atoms with Crippen LogP contribution in [0.15, 0.2) is 11.1 Å². The van der Waals surface area contributed by atoms with Gasteiger partial charge in [0.1, 0.15) is 41.2 Å². The molecule has 0 aromatic rings. The zero-order chi connectivity index (χ0) is 20.8. The lowest BCUT2D eigenvalue weighted by atomic mass is 9.41. The van der Waals surface area contributed by atoms with E-state index in [1.54, 1.807) is 11.8 Å². The Labute approximate surface area is 181 Å². The fourth-order valence-electron chi connectivity index (χ4n) is 8.56. The molecule has 2 spiro atoms. The Kier molecular flexibility index (Phi) is 3.35. The highest BCUT2D eigenvalue weighted by Crippen LogP contribution is 2.82. The van der Waals surface area contributed by atoms with E-state index in [4.69, 9.17) is 23.7 Å². The third-order valence-electron chi connectivity index (χ3n) is 9.69. The number of epoxide rings is 2. The lowest BCUT2D eigenvalue weighted by Crippen LogP contribution is -2.84. The Morgan fingerprint density at radius 1 is 1.23 bits per heavy atom. The van der Waals surface area contributed by atoms with Crippen molar-refractivity contribution in [1.29, 1.82) is 0 Å². The van der Waals surface area contributed by atoms with E-state index < -0.39 is 11.2 Å². The number of hydrogen-bond acceptors (Lipinski definition) is 7. The maximum atomic E-state index is 12.4. The molecule has 0 amide bonds. The van der Waals surface area contributed by atoms with Gasteiger partial charge in [-0.25, -0.2) is 4.79 Å². The average Bonchev–Trinajstić information content (AvgIpc) is 3.54. The van der Waals surface area contributed by atoms with Crippen LogP contribution >= 0.6 is 11.8 Å². The van der Waals surface area contributed by atoms with Gasteiger partial charge in [-0.3, -0.25) is 0 Å². The van der Waals surface area contributed by atoms with E-state index in [0.29, 0.717) is 11.9 Å². The third-order valence-corrected chi connectivity index (χ3v) is 10.1. The van der Waals surface area contributed by atoms with Gasteiger partial charge in [0.05, 0.1) is 12.0 Å². The Bertz CT molecular complexity index is 894. The molecule has 0 radical (unpaired) electrons. The van der Waals surface area contributed by atoms with Crippen molar-refractivity contribution in [1.82, 2.24) is 0 Å². The first-order chi connectivity index (χ1) is 14.3. The number of ether oxygens (including phenoxy) is 5. The number of fused-ring (bicyclic) bond motifs is 2. The molecule has 3 aliphatic carbocycles. The quantitative estimate of drug-likeness (QED) is 0.383. The summed E-state index contributed by atoms with van der Waals surface area (Å²) in [6.45, 7) is 8.84. The van der Waals surface area contributed by atoms with Crippen molar-refractivity contribution in [2.45, 2.75) is 94.3 Å². The molecule has 8 rings (SSSR count). The van der Waals surface area contributed by atoms with Crippen LogP contribution in [0.2, 0.25) is 0 Å². The van der Waals surface area contributed by atoms with Crippen LogP contribution in [0.25, 0.3) is 0 Å². The molecule has 8 aliphatic rings. The van der Waals surface area contributed by atoms with Crippen LogP contribution in [-0.4, -0.2) is 65.5 Å². The molecule has 5 aliphatic heterocycles.